The number of likely N-dealkylation sites (N-methyl/N-ethyl adjacent to an activating group) is 1. The predicted octanol–water partition coefficient (Wildman–Crippen LogP) is 4.67. The number of anilines is 1. The fraction of sp³-hybridized carbons (Fsp3) is 0.379. The number of hydrogen-bond donors (Lipinski definition) is 3. The molecule has 5 N–H and O–H groups in total. The van der Waals surface area contributed by atoms with Gasteiger partial charge in [0.25, 0.3) is 5.91 Å². The average Bonchev–Trinajstić information content (AvgIpc) is 3.23. The minimum absolute atomic E-state index is 0.0411. The summed E-state index contributed by atoms with van der Waals surface area (Å²) < 4.78 is 46.3. The Labute approximate surface area is 239 Å². The standard InChI is InChI=1S/C29H40F3N7O2/c1-18(2)37(6)16-23(21(5)41-8)13-24(11-12-29(30,31)32)36-28(40)22-10-9-19(3)27(14-22)39(34)17-26(33)25-15-35-38(7)20(25)4/h9-11,13-15,17-18H,5,12,16,33-34H2,1-4,6-8H3,(H,36,40)/b23-13-,24-11+,26-17-. The molecule has 1 aromatic carbocycles. The summed E-state index contributed by atoms with van der Waals surface area (Å²) in [6.45, 7) is 11.8. The lowest BCUT2D eigenvalue weighted by molar-refractivity contribution is -0.125. The average molecular weight is 576 g/mol. The van der Waals surface area contributed by atoms with Gasteiger partial charge in [-0.3, -0.25) is 19.4 Å². The van der Waals surface area contributed by atoms with E-state index < -0.39 is 18.5 Å². The Hall–Kier alpha value is -4.03. The van der Waals surface area contributed by atoms with Gasteiger partial charge in [0, 0.05) is 53.9 Å². The van der Waals surface area contributed by atoms with Gasteiger partial charge < -0.3 is 15.8 Å². The number of allylic oxidation sites excluding steroid dienone is 2. The molecule has 0 fully saturated rings. The molecular weight excluding hydrogens is 535 g/mol. The third-order valence-electron chi connectivity index (χ3n) is 6.62. The molecule has 0 saturated carbocycles. The Morgan fingerprint density at radius 3 is 2.49 bits per heavy atom. The van der Waals surface area contributed by atoms with Gasteiger partial charge in [-0.15, -0.1) is 0 Å². The van der Waals surface area contributed by atoms with Crippen LogP contribution in [-0.4, -0.2) is 53.5 Å². The summed E-state index contributed by atoms with van der Waals surface area (Å²) in [5.74, 6) is 5.94. The number of aryl methyl sites for hydroxylation is 2. The first-order chi connectivity index (χ1) is 19.0. The van der Waals surface area contributed by atoms with Gasteiger partial charge in [0.2, 0.25) is 0 Å². The molecule has 224 valence electrons. The predicted molar refractivity (Wildman–Crippen MR) is 156 cm³/mol. The van der Waals surface area contributed by atoms with Gasteiger partial charge in [-0.05, 0) is 58.5 Å². The highest BCUT2D eigenvalue weighted by Gasteiger charge is 2.26. The first-order valence-electron chi connectivity index (χ1n) is 12.9. The smallest absolute Gasteiger partial charge is 0.392 e. The molecule has 41 heavy (non-hydrogen) atoms. The van der Waals surface area contributed by atoms with Crippen LogP contribution in [0.1, 0.15) is 47.4 Å². The number of nitrogens with one attached hydrogen (secondary N) is 1. The van der Waals surface area contributed by atoms with Gasteiger partial charge in [0.1, 0.15) is 5.76 Å². The van der Waals surface area contributed by atoms with Crippen LogP contribution >= 0.6 is 0 Å². The van der Waals surface area contributed by atoms with Crippen molar-refractivity contribution in [2.45, 2.75) is 46.3 Å². The molecule has 0 bridgehead atoms. The number of benzene rings is 1. The largest absolute Gasteiger partial charge is 0.497 e. The number of halogens is 3. The second-order valence-electron chi connectivity index (χ2n) is 10.00. The van der Waals surface area contributed by atoms with Crippen LogP contribution in [0.5, 0.6) is 0 Å². The van der Waals surface area contributed by atoms with E-state index in [-0.39, 0.29) is 23.1 Å². The number of alkyl halides is 3. The summed E-state index contributed by atoms with van der Waals surface area (Å²) in [6.07, 6.45) is -0.205. The van der Waals surface area contributed by atoms with E-state index in [1.807, 2.05) is 39.6 Å². The zero-order valence-corrected chi connectivity index (χ0v) is 24.6. The Morgan fingerprint density at radius 2 is 1.95 bits per heavy atom. The van der Waals surface area contributed by atoms with Crippen LogP contribution in [0.3, 0.4) is 0 Å². The number of hydrazine groups is 1. The summed E-state index contributed by atoms with van der Waals surface area (Å²) in [4.78, 5) is 15.2. The number of hydrogen-bond acceptors (Lipinski definition) is 7. The Kier molecular flexibility index (Phi) is 11.4. The number of aromatic nitrogens is 2. The van der Waals surface area contributed by atoms with Crippen molar-refractivity contribution < 1.29 is 22.7 Å². The molecule has 0 aliphatic carbocycles. The second kappa shape index (κ2) is 14.0. The molecule has 1 heterocycles. The Bertz CT molecular complexity index is 1340. The maximum absolute atomic E-state index is 13.3. The molecule has 0 aliphatic rings. The van der Waals surface area contributed by atoms with Crippen LogP contribution in [0.4, 0.5) is 18.9 Å². The molecular formula is C29H40F3N7O2. The molecule has 1 aromatic heterocycles. The van der Waals surface area contributed by atoms with E-state index in [1.54, 1.807) is 30.1 Å². The number of rotatable bonds is 12. The Balaban J connectivity index is 2.43. The number of amides is 1. The summed E-state index contributed by atoms with van der Waals surface area (Å²) in [5, 5.41) is 8.07. The third-order valence-corrected chi connectivity index (χ3v) is 6.62. The summed E-state index contributed by atoms with van der Waals surface area (Å²) >= 11 is 0. The van der Waals surface area contributed by atoms with Crippen LogP contribution < -0.4 is 21.9 Å². The van der Waals surface area contributed by atoms with Gasteiger partial charge >= 0.3 is 6.18 Å². The third kappa shape index (κ3) is 9.54. The number of ether oxygens (including phenoxy) is 1. The van der Waals surface area contributed by atoms with Crippen LogP contribution in [-0.2, 0) is 11.8 Å². The van der Waals surface area contributed by atoms with E-state index in [0.29, 0.717) is 29.1 Å². The van der Waals surface area contributed by atoms with Crippen LogP contribution in [0.15, 0.2) is 66.4 Å². The van der Waals surface area contributed by atoms with Gasteiger partial charge in [-0.2, -0.15) is 18.3 Å². The fourth-order valence-corrected chi connectivity index (χ4v) is 3.66. The number of carbonyl (C=O) groups excluding carboxylic acids is 1. The molecule has 0 aliphatic heterocycles. The van der Waals surface area contributed by atoms with Crippen molar-refractivity contribution >= 4 is 17.3 Å². The van der Waals surface area contributed by atoms with Crippen molar-refractivity contribution in [3.05, 3.63) is 88.7 Å². The SMILES string of the molecule is C=C(OC)/C(=C\C(=C/CC(F)(F)F)NC(=O)c1ccc(C)c(N(N)/C=C(\N)c2cnn(C)c2C)c1)CN(C)C(C)C. The monoisotopic (exact) mass is 575 g/mol. The molecule has 2 rings (SSSR count). The summed E-state index contributed by atoms with van der Waals surface area (Å²) in [6, 6.07) is 4.94. The lowest BCUT2D eigenvalue weighted by atomic mass is 10.1. The van der Waals surface area contributed by atoms with Crippen LogP contribution in [0.25, 0.3) is 5.70 Å². The Morgan fingerprint density at radius 1 is 1.29 bits per heavy atom. The van der Waals surface area contributed by atoms with Gasteiger partial charge in [-0.1, -0.05) is 18.7 Å². The molecule has 0 unspecified atom stereocenters. The molecule has 2 aromatic rings. The zero-order valence-electron chi connectivity index (χ0n) is 24.6. The van der Waals surface area contributed by atoms with Crippen LogP contribution in [0, 0.1) is 13.8 Å². The number of carbonyl (C=O) groups is 1. The van der Waals surface area contributed by atoms with Crippen molar-refractivity contribution in [3.8, 4) is 0 Å². The second-order valence-corrected chi connectivity index (χ2v) is 10.00. The van der Waals surface area contributed by atoms with Crippen molar-refractivity contribution in [2.75, 3.05) is 25.7 Å². The zero-order chi connectivity index (χ0) is 31.1. The normalized spacial score (nSPS) is 13.1. The molecule has 1 amide bonds. The van der Waals surface area contributed by atoms with E-state index >= 15 is 0 Å². The van der Waals surface area contributed by atoms with E-state index in [4.69, 9.17) is 16.3 Å². The van der Waals surface area contributed by atoms with Crippen molar-refractivity contribution in [1.82, 2.24) is 20.0 Å². The first-order valence-corrected chi connectivity index (χ1v) is 12.9. The summed E-state index contributed by atoms with van der Waals surface area (Å²) in [7, 11) is 5.08. The number of nitrogens with two attached hydrogens (primary N) is 2. The fourth-order valence-electron chi connectivity index (χ4n) is 3.66. The number of methoxy groups -OCH3 is 1. The van der Waals surface area contributed by atoms with Crippen molar-refractivity contribution in [2.24, 2.45) is 18.6 Å². The quantitative estimate of drug-likeness (QED) is 0.146. The molecule has 9 nitrogen and oxygen atoms in total. The highest BCUT2D eigenvalue weighted by molar-refractivity contribution is 5.96. The minimum Gasteiger partial charge on any atom is -0.497 e. The minimum atomic E-state index is -4.47. The topological polar surface area (TPSA) is 115 Å². The first kappa shape index (κ1) is 33.2. The van der Waals surface area contributed by atoms with Gasteiger partial charge in [-0.25, -0.2) is 5.84 Å². The maximum Gasteiger partial charge on any atom is 0.392 e. The molecule has 0 spiro atoms. The van der Waals surface area contributed by atoms with E-state index in [0.717, 1.165) is 17.3 Å². The van der Waals surface area contributed by atoms with Crippen molar-refractivity contribution in [1.29, 1.82) is 0 Å². The molecule has 12 heteroatoms. The summed E-state index contributed by atoms with van der Waals surface area (Å²) in [5.41, 5.74) is 10.0. The lowest BCUT2D eigenvalue weighted by Gasteiger charge is -2.23. The van der Waals surface area contributed by atoms with Crippen LogP contribution in [0.2, 0.25) is 0 Å². The number of nitrogens with zero attached hydrogens (tertiary/aromatic N) is 4. The lowest BCUT2D eigenvalue weighted by Crippen LogP contribution is -2.30. The maximum atomic E-state index is 13.3. The van der Waals surface area contributed by atoms with E-state index in [2.05, 4.69) is 17.0 Å². The highest BCUT2D eigenvalue weighted by atomic mass is 19.4. The molecule has 0 atom stereocenters. The van der Waals surface area contributed by atoms with Gasteiger partial charge in [0.15, 0.2) is 0 Å². The van der Waals surface area contributed by atoms with Gasteiger partial charge in [0.05, 0.1) is 31.1 Å². The van der Waals surface area contributed by atoms with E-state index in [1.165, 1.54) is 30.5 Å². The van der Waals surface area contributed by atoms with Crippen molar-refractivity contribution in [3.63, 3.8) is 0 Å². The highest BCUT2D eigenvalue weighted by Crippen LogP contribution is 2.24. The van der Waals surface area contributed by atoms with E-state index in [9.17, 15) is 18.0 Å². The molecule has 0 radical (unpaired) electrons. The molecule has 0 saturated heterocycles.